The Hall–Kier alpha value is -0.610. The Bertz CT molecular complexity index is 149. The van der Waals surface area contributed by atoms with Crippen LogP contribution in [0.2, 0.25) is 0 Å². The van der Waals surface area contributed by atoms with Gasteiger partial charge in [0.05, 0.1) is 13.0 Å². The molecule has 0 heterocycles. The molecule has 0 saturated heterocycles. The van der Waals surface area contributed by atoms with Gasteiger partial charge in [-0.2, -0.15) is 0 Å². The molecule has 0 aliphatic heterocycles. The Morgan fingerprint density at radius 1 is 1.67 bits per heavy atom. The molecule has 0 aromatic carbocycles. The first-order chi connectivity index (χ1) is 5.54. The lowest BCUT2D eigenvalue weighted by Gasteiger charge is -2.25. The molecule has 0 aliphatic carbocycles. The maximum atomic E-state index is 10.4. The minimum Gasteiger partial charge on any atom is -0.481 e. The summed E-state index contributed by atoms with van der Waals surface area (Å²) >= 11 is 0. The van der Waals surface area contributed by atoms with E-state index in [0.29, 0.717) is 19.8 Å². The van der Waals surface area contributed by atoms with Crippen molar-refractivity contribution >= 4 is 5.97 Å². The second-order valence-corrected chi connectivity index (χ2v) is 3.22. The number of carboxylic acid groups (broad SMARTS) is 1. The van der Waals surface area contributed by atoms with Crippen LogP contribution < -0.4 is 5.73 Å². The van der Waals surface area contributed by atoms with Gasteiger partial charge in [-0.3, -0.25) is 4.79 Å². The fourth-order valence-electron chi connectivity index (χ4n) is 0.896. The van der Waals surface area contributed by atoms with E-state index in [0.717, 1.165) is 0 Å². The highest BCUT2D eigenvalue weighted by molar-refractivity contribution is 5.67. The summed E-state index contributed by atoms with van der Waals surface area (Å²) < 4.78 is 5.15. The van der Waals surface area contributed by atoms with Gasteiger partial charge < -0.3 is 15.6 Å². The molecule has 0 rings (SSSR count). The van der Waals surface area contributed by atoms with E-state index in [1.807, 2.05) is 13.8 Å². The van der Waals surface area contributed by atoms with Crippen molar-refractivity contribution in [2.24, 2.45) is 11.1 Å². The predicted molar refractivity (Wildman–Crippen MR) is 45.9 cm³/mol. The molecule has 0 bridgehead atoms. The van der Waals surface area contributed by atoms with E-state index < -0.39 is 11.4 Å². The third-order valence-corrected chi connectivity index (χ3v) is 1.73. The molecule has 72 valence electrons. The fraction of sp³-hybridized carbons (Fsp3) is 0.875. The summed E-state index contributed by atoms with van der Waals surface area (Å²) in [5.74, 6) is -0.831. The van der Waals surface area contributed by atoms with Gasteiger partial charge in [0.15, 0.2) is 0 Å². The molecule has 0 saturated carbocycles. The Morgan fingerprint density at radius 2 is 2.25 bits per heavy atom. The molecule has 0 radical (unpaired) electrons. The lowest BCUT2D eigenvalue weighted by atomic mass is 9.88. The van der Waals surface area contributed by atoms with E-state index in [9.17, 15) is 4.79 Å². The van der Waals surface area contributed by atoms with Gasteiger partial charge in [-0.05, 0) is 6.92 Å². The van der Waals surface area contributed by atoms with Crippen LogP contribution in [0.3, 0.4) is 0 Å². The summed E-state index contributed by atoms with van der Waals surface area (Å²) in [6.45, 7) is 5.02. The third-order valence-electron chi connectivity index (χ3n) is 1.73. The van der Waals surface area contributed by atoms with Gasteiger partial charge >= 0.3 is 5.97 Å². The van der Waals surface area contributed by atoms with Crippen LogP contribution in [0, 0.1) is 5.41 Å². The van der Waals surface area contributed by atoms with Crippen LogP contribution in [0.5, 0.6) is 0 Å². The van der Waals surface area contributed by atoms with Crippen LogP contribution in [0.15, 0.2) is 0 Å². The molecular weight excluding hydrogens is 158 g/mol. The van der Waals surface area contributed by atoms with E-state index in [1.165, 1.54) is 0 Å². The van der Waals surface area contributed by atoms with Crippen molar-refractivity contribution in [3.05, 3.63) is 0 Å². The normalized spacial score (nSPS) is 15.6. The molecule has 0 amide bonds. The van der Waals surface area contributed by atoms with Crippen molar-refractivity contribution in [1.29, 1.82) is 0 Å². The minimum absolute atomic E-state index is 0.0590. The molecule has 0 aromatic rings. The maximum absolute atomic E-state index is 10.4. The van der Waals surface area contributed by atoms with Crippen LogP contribution in [-0.4, -0.2) is 30.8 Å². The molecule has 1 unspecified atom stereocenters. The first-order valence-corrected chi connectivity index (χ1v) is 4.03. The summed E-state index contributed by atoms with van der Waals surface area (Å²) in [6.07, 6.45) is 0.0590. The summed E-state index contributed by atoms with van der Waals surface area (Å²) in [6, 6.07) is 0. The summed E-state index contributed by atoms with van der Waals surface area (Å²) in [5.41, 5.74) is 5.02. The van der Waals surface area contributed by atoms with E-state index >= 15 is 0 Å². The van der Waals surface area contributed by atoms with Crippen molar-refractivity contribution in [2.45, 2.75) is 20.3 Å². The predicted octanol–water partition coefficient (Wildman–Crippen LogP) is 0.463. The topological polar surface area (TPSA) is 72.5 Å². The molecular formula is C8H17NO3. The number of hydrogen-bond donors (Lipinski definition) is 2. The Morgan fingerprint density at radius 3 is 2.58 bits per heavy atom. The first kappa shape index (κ1) is 11.4. The van der Waals surface area contributed by atoms with Crippen LogP contribution in [-0.2, 0) is 9.53 Å². The van der Waals surface area contributed by atoms with Crippen LogP contribution in [0.4, 0.5) is 0 Å². The summed E-state index contributed by atoms with van der Waals surface area (Å²) in [5, 5.41) is 8.57. The molecule has 4 heteroatoms. The number of carbonyl (C=O) groups is 1. The van der Waals surface area contributed by atoms with Gasteiger partial charge in [0.1, 0.15) is 0 Å². The van der Waals surface area contributed by atoms with Crippen molar-refractivity contribution in [2.75, 3.05) is 19.8 Å². The van der Waals surface area contributed by atoms with Crippen LogP contribution in [0.1, 0.15) is 20.3 Å². The van der Waals surface area contributed by atoms with E-state index in [4.69, 9.17) is 15.6 Å². The molecule has 4 nitrogen and oxygen atoms in total. The monoisotopic (exact) mass is 175 g/mol. The average molecular weight is 175 g/mol. The number of rotatable bonds is 6. The molecule has 1 atom stereocenters. The lowest BCUT2D eigenvalue weighted by molar-refractivity contribution is -0.140. The van der Waals surface area contributed by atoms with Gasteiger partial charge in [0.2, 0.25) is 0 Å². The van der Waals surface area contributed by atoms with Crippen molar-refractivity contribution < 1.29 is 14.6 Å². The van der Waals surface area contributed by atoms with Gasteiger partial charge in [-0.15, -0.1) is 0 Å². The second-order valence-electron chi connectivity index (χ2n) is 3.22. The molecule has 0 aliphatic rings. The van der Waals surface area contributed by atoms with E-state index in [-0.39, 0.29) is 6.42 Å². The standard InChI is InChI=1S/C8H17NO3/c1-3-12-6-8(2,5-9)4-7(10)11/h3-6,9H2,1-2H3,(H,10,11). The number of hydrogen-bond acceptors (Lipinski definition) is 3. The second kappa shape index (κ2) is 5.11. The largest absolute Gasteiger partial charge is 0.481 e. The zero-order chi connectivity index (χ0) is 9.61. The van der Waals surface area contributed by atoms with Crippen molar-refractivity contribution in [1.82, 2.24) is 0 Å². The van der Waals surface area contributed by atoms with E-state index in [1.54, 1.807) is 0 Å². The molecule has 3 N–H and O–H groups in total. The highest BCUT2D eigenvalue weighted by atomic mass is 16.5. The Kier molecular flexibility index (Phi) is 4.85. The Balaban J connectivity index is 3.95. The first-order valence-electron chi connectivity index (χ1n) is 4.03. The van der Waals surface area contributed by atoms with Crippen molar-refractivity contribution in [3.8, 4) is 0 Å². The van der Waals surface area contributed by atoms with Gasteiger partial charge in [0.25, 0.3) is 0 Å². The molecule has 12 heavy (non-hydrogen) atoms. The quantitative estimate of drug-likeness (QED) is 0.615. The summed E-state index contributed by atoms with van der Waals surface area (Å²) in [4.78, 5) is 10.4. The number of ether oxygens (including phenoxy) is 1. The molecule has 0 fully saturated rings. The fourth-order valence-corrected chi connectivity index (χ4v) is 0.896. The zero-order valence-electron chi connectivity index (χ0n) is 7.67. The zero-order valence-corrected chi connectivity index (χ0v) is 7.67. The number of carboxylic acids is 1. The van der Waals surface area contributed by atoms with Crippen LogP contribution in [0.25, 0.3) is 0 Å². The molecule has 0 spiro atoms. The number of nitrogens with two attached hydrogens (primary N) is 1. The minimum atomic E-state index is -0.831. The van der Waals surface area contributed by atoms with E-state index in [2.05, 4.69) is 0 Å². The average Bonchev–Trinajstić information content (AvgIpc) is 2.00. The lowest BCUT2D eigenvalue weighted by Crippen LogP contribution is -2.34. The Labute approximate surface area is 72.7 Å². The molecule has 0 aromatic heterocycles. The smallest absolute Gasteiger partial charge is 0.304 e. The highest BCUT2D eigenvalue weighted by Gasteiger charge is 2.25. The highest BCUT2D eigenvalue weighted by Crippen LogP contribution is 2.19. The number of aliphatic carboxylic acids is 1. The third kappa shape index (κ3) is 4.31. The van der Waals surface area contributed by atoms with Gasteiger partial charge in [0, 0.05) is 18.6 Å². The SMILES string of the molecule is CCOCC(C)(CN)CC(=O)O. The van der Waals surface area contributed by atoms with Gasteiger partial charge in [-0.1, -0.05) is 6.92 Å². The maximum Gasteiger partial charge on any atom is 0.304 e. The van der Waals surface area contributed by atoms with Crippen molar-refractivity contribution in [3.63, 3.8) is 0 Å². The van der Waals surface area contributed by atoms with Crippen LogP contribution >= 0.6 is 0 Å². The van der Waals surface area contributed by atoms with Gasteiger partial charge in [-0.25, -0.2) is 0 Å². The summed E-state index contributed by atoms with van der Waals surface area (Å²) in [7, 11) is 0.